The zero-order chi connectivity index (χ0) is 8.85. The van der Waals surface area contributed by atoms with Crippen molar-refractivity contribution in [2.24, 2.45) is 11.7 Å². The number of nitrogens with two attached hydrogens (primary N) is 1. The van der Waals surface area contributed by atoms with Crippen LogP contribution in [0.3, 0.4) is 0 Å². The first kappa shape index (κ1) is 9.41. The van der Waals surface area contributed by atoms with Crippen LogP contribution in [-0.4, -0.2) is 17.1 Å². The minimum absolute atomic E-state index is 0.123. The Bertz CT molecular complexity index is 211. The number of nitriles is 2. The molecule has 0 fully saturated rings. The van der Waals surface area contributed by atoms with E-state index < -0.39 is 17.9 Å². The van der Waals surface area contributed by atoms with Crippen LogP contribution in [0.1, 0.15) is 6.42 Å². The monoisotopic (exact) mass is 153 g/mol. The van der Waals surface area contributed by atoms with Crippen LogP contribution in [-0.2, 0) is 4.79 Å². The van der Waals surface area contributed by atoms with Crippen molar-refractivity contribution >= 4 is 5.97 Å². The van der Waals surface area contributed by atoms with E-state index in [2.05, 4.69) is 0 Å². The van der Waals surface area contributed by atoms with Gasteiger partial charge in [-0.05, 0) is 0 Å². The minimum Gasteiger partial charge on any atom is -0.480 e. The summed E-state index contributed by atoms with van der Waals surface area (Å²) in [7, 11) is 0. The van der Waals surface area contributed by atoms with Gasteiger partial charge < -0.3 is 10.8 Å². The zero-order valence-corrected chi connectivity index (χ0v) is 5.69. The highest BCUT2D eigenvalue weighted by atomic mass is 16.4. The second-order valence-corrected chi connectivity index (χ2v) is 1.99. The van der Waals surface area contributed by atoms with Crippen molar-refractivity contribution in [2.75, 3.05) is 0 Å². The molecule has 5 heteroatoms. The van der Waals surface area contributed by atoms with Crippen LogP contribution >= 0.6 is 0 Å². The highest BCUT2D eigenvalue weighted by molar-refractivity contribution is 5.73. The Morgan fingerprint density at radius 3 is 2.27 bits per heavy atom. The van der Waals surface area contributed by atoms with Crippen LogP contribution in [0.5, 0.6) is 0 Å². The lowest BCUT2D eigenvalue weighted by atomic mass is 10.0. The molecule has 0 aliphatic rings. The van der Waals surface area contributed by atoms with E-state index in [0.29, 0.717) is 0 Å². The predicted octanol–water partition coefficient (Wildman–Crippen LogP) is -0.548. The number of hydrogen-bond acceptors (Lipinski definition) is 4. The number of nitrogens with zero attached hydrogens (tertiary/aromatic N) is 2. The Balaban J connectivity index is 3.97. The predicted molar refractivity (Wildman–Crippen MR) is 34.9 cm³/mol. The van der Waals surface area contributed by atoms with Gasteiger partial charge in [-0.1, -0.05) is 0 Å². The normalized spacial score (nSPS) is 11.6. The maximum atomic E-state index is 10.1. The van der Waals surface area contributed by atoms with E-state index in [1.54, 1.807) is 12.1 Å². The number of aliphatic carboxylic acids is 1. The Morgan fingerprint density at radius 2 is 2.00 bits per heavy atom. The van der Waals surface area contributed by atoms with Gasteiger partial charge in [0.15, 0.2) is 0 Å². The summed E-state index contributed by atoms with van der Waals surface area (Å²) in [6.07, 6.45) is -0.123. The van der Waals surface area contributed by atoms with Crippen molar-refractivity contribution in [2.45, 2.75) is 12.5 Å². The maximum absolute atomic E-state index is 10.1. The van der Waals surface area contributed by atoms with E-state index in [0.717, 1.165) is 0 Å². The van der Waals surface area contributed by atoms with Crippen molar-refractivity contribution in [1.82, 2.24) is 0 Å². The van der Waals surface area contributed by atoms with Gasteiger partial charge in [0.05, 0.1) is 12.1 Å². The Morgan fingerprint density at radius 1 is 1.55 bits per heavy atom. The lowest BCUT2D eigenvalue weighted by Gasteiger charge is -2.04. The summed E-state index contributed by atoms with van der Waals surface area (Å²) in [6, 6.07) is 2.14. The second-order valence-electron chi connectivity index (χ2n) is 1.99. The number of hydrogen-bond donors (Lipinski definition) is 2. The Kier molecular flexibility index (Phi) is 3.65. The minimum atomic E-state index is -1.19. The zero-order valence-electron chi connectivity index (χ0n) is 5.69. The molecule has 11 heavy (non-hydrogen) atoms. The fourth-order valence-electron chi connectivity index (χ4n) is 0.489. The highest BCUT2D eigenvalue weighted by Gasteiger charge is 2.17. The maximum Gasteiger partial charge on any atom is 0.320 e. The molecule has 0 amide bonds. The van der Waals surface area contributed by atoms with E-state index in [1.165, 1.54) is 0 Å². The summed E-state index contributed by atoms with van der Waals surface area (Å²) >= 11 is 0. The lowest BCUT2D eigenvalue weighted by Crippen LogP contribution is -2.31. The molecule has 0 bridgehead atoms. The van der Waals surface area contributed by atoms with E-state index in [4.69, 9.17) is 21.4 Å². The molecule has 1 unspecified atom stereocenters. The number of carboxylic acids is 1. The van der Waals surface area contributed by atoms with Crippen molar-refractivity contribution in [3.8, 4) is 12.1 Å². The van der Waals surface area contributed by atoms with Crippen LogP contribution in [0.4, 0.5) is 0 Å². The quantitative estimate of drug-likeness (QED) is 0.565. The molecule has 0 saturated heterocycles. The van der Waals surface area contributed by atoms with Gasteiger partial charge in [-0.15, -0.1) is 0 Å². The van der Waals surface area contributed by atoms with Gasteiger partial charge in [-0.25, -0.2) is 0 Å². The molecule has 0 rings (SSSR count). The fourth-order valence-corrected chi connectivity index (χ4v) is 0.489. The third kappa shape index (κ3) is 3.19. The van der Waals surface area contributed by atoms with Gasteiger partial charge >= 0.3 is 5.97 Å². The third-order valence-corrected chi connectivity index (χ3v) is 1.12. The van der Waals surface area contributed by atoms with E-state index in [1.807, 2.05) is 0 Å². The lowest BCUT2D eigenvalue weighted by molar-refractivity contribution is -0.138. The summed E-state index contributed by atoms with van der Waals surface area (Å²) in [5, 5.41) is 24.7. The molecule has 0 heterocycles. The van der Waals surface area contributed by atoms with Gasteiger partial charge in [0.1, 0.15) is 12.0 Å². The number of carboxylic acid groups (broad SMARTS) is 1. The summed E-state index contributed by atoms with van der Waals surface area (Å²) in [6.45, 7) is 0. The Hall–Kier alpha value is -1.59. The smallest absolute Gasteiger partial charge is 0.320 e. The topological polar surface area (TPSA) is 111 Å². The third-order valence-electron chi connectivity index (χ3n) is 1.12. The van der Waals surface area contributed by atoms with E-state index >= 15 is 0 Å². The fraction of sp³-hybridized carbons (Fsp3) is 0.500. The summed E-state index contributed by atoms with van der Waals surface area (Å²) in [5.41, 5.74) is 5.07. The second kappa shape index (κ2) is 4.26. The van der Waals surface area contributed by atoms with Crippen molar-refractivity contribution in [3.63, 3.8) is 0 Å². The first-order valence-electron chi connectivity index (χ1n) is 2.89. The first-order chi connectivity index (χ1) is 5.11. The molecule has 3 N–H and O–H groups in total. The van der Waals surface area contributed by atoms with Gasteiger partial charge in [-0.3, -0.25) is 4.79 Å². The van der Waals surface area contributed by atoms with Crippen LogP contribution in [0.2, 0.25) is 0 Å². The van der Waals surface area contributed by atoms with Crippen molar-refractivity contribution in [1.29, 1.82) is 10.5 Å². The molecule has 0 aliphatic heterocycles. The van der Waals surface area contributed by atoms with Crippen molar-refractivity contribution < 1.29 is 9.90 Å². The largest absolute Gasteiger partial charge is 0.480 e. The van der Waals surface area contributed by atoms with Crippen LogP contribution < -0.4 is 5.73 Å². The molecule has 58 valence electrons. The van der Waals surface area contributed by atoms with Gasteiger partial charge in [-0.2, -0.15) is 10.5 Å². The average molecular weight is 153 g/mol. The van der Waals surface area contributed by atoms with Gasteiger partial charge in [0.25, 0.3) is 0 Å². The summed E-state index contributed by atoms with van der Waals surface area (Å²) in [5.74, 6) is -2.12. The van der Waals surface area contributed by atoms with Crippen LogP contribution in [0, 0.1) is 28.6 Å². The number of rotatable bonds is 3. The molecule has 0 aromatic rings. The Labute approximate surface area is 63.6 Å². The molecule has 5 nitrogen and oxygen atoms in total. The highest BCUT2D eigenvalue weighted by Crippen LogP contribution is 2.02. The molecule has 0 aromatic carbocycles. The molecular weight excluding hydrogens is 146 g/mol. The molecule has 0 aliphatic carbocycles. The van der Waals surface area contributed by atoms with Gasteiger partial charge in [0, 0.05) is 6.42 Å². The van der Waals surface area contributed by atoms with Gasteiger partial charge in [0.2, 0.25) is 0 Å². The molecular formula is C6H7N3O2. The summed E-state index contributed by atoms with van der Waals surface area (Å²) < 4.78 is 0. The average Bonchev–Trinajstić information content (AvgIpc) is 1.99. The molecule has 1 atom stereocenters. The van der Waals surface area contributed by atoms with Crippen LogP contribution in [0.15, 0.2) is 0 Å². The first-order valence-corrected chi connectivity index (χ1v) is 2.89. The molecule has 0 radical (unpaired) electrons. The standard InChI is InChI=1S/C6H7N3O2/c7-2-4(3-8)1-5(9)6(10)11/h4-5H,1,9H2,(H,10,11). The number of carbonyl (C=O) groups is 1. The summed E-state index contributed by atoms with van der Waals surface area (Å²) in [4.78, 5) is 10.1. The molecule has 0 spiro atoms. The van der Waals surface area contributed by atoms with E-state index in [9.17, 15) is 4.79 Å². The molecule has 0 saturated carbocycles. The molecule has 0 aromatic heterocycles. The van der Waals surface area contributed by atoms with Crippen molar-refractivity contribution in [3.05, 3.63) is 0 Å². The van der Waals surface area contributed by atoms with Crippen LogP contribution in [0.25, 0.3) is 0 Å². The SMILES string of the molecule is N#CC(C#N)CC(N)C(=O)O. The van der Waals surface area contributed by atoms with E-state index in [-0.39, 0.29) is 6.42 Å².